The van der Waals surface area contributed by atoms with Crippen molar-refractivity contribution in [3.63, 3.8) is 0 Å². The summed E-state index contributed by atoms with van der Waals surface area (Å²) in [7, 11) is 0. The lowest BCUT2D eigenvalue weighted by Crippen LogP contribution is -2.35. The van der Waals surface area contributed by atoms with Gasteiger partial charge in [0.1, 0.15) is 0 Å². The Balaban J connectivity index is 1.99. The molecule has 2 nitrogen and oxygen atoms in total. The molecule has 0 bridgehead atoms. The van der Waals surface area contributed by atoms with Crippen molar-refractivity contribution >= 4 is 0 Å². The summed E-state index contributed by atoms with van der Waals surface area (Å²) in [5, 5.41) is 0. The Morgan fingerprint density at radius 2 is 1.87 bits per heavy atom. The zero-order valence-corrected chi connectivity index (χ0v) is 10.5. The van der Waals surface area contributed by atoms with Gasteiger partial charge in [-0.3, -0.25) is 4.90 Å². The van der Waals surface area contributed by atoms with Crippen molar-refractivity contribution in [1.29, 1.82) is 0 Å². The van der Waals surface area contributed by atoms with Crippen molar-refractivity contribution in [1.82, 2.24) is 4.90 Å². The Morgan fingerprint density at radius 1 is 1.13 bits per heavy atom. The second-order valence-corrected chi connectivity index (χ2v) is 4.74. The number of likely N-dealkylation sites (tertiary alicyclic amines) is 1. The maximum absolute atomic E-state index is 5.63. The highest BCUT2D eigenvalue weighted by molar-refractivity contribution is 4.70. The average Bonchev–Trinajstić information content (AvgIpc) is 2.27. The van der Waals surface area contributed by atoms with Gasteiger partial charge in [-0.1, -0.05) is 33.1 Å². The zero-order chi connectivity index (χ0) is 10.9. The molecule has 0 radical (unpaired) electrons. The second kappa shape index (κ2) is 8.12. The van der Waals surface area contributed by atoms with Gasteiger partial charge in [-0.25, -0.2) is 0 Å². The van der Waals surface area contributed by atoms with Gasteiger partial charge in [-0.05, 0) is 25.2 Å². The highest BCUT2D eigenvalue weighted by Gasteiger charge is 2.17. The molecule has 0 N–H and O–H groups in total. The van der Waals surface area contributed by atoms with Crippen LogP contribution < -0.4 is 0 Å². The van der Waals surface area contributed by atoms with Crippen molar-refractivity contribution in [2.45, 2.75) is 52.4 Å². The minimum absolute atomic E-state index is 0.860. The molecule has 0 spiro atoms. The van der Waals surface area contributed by atoms with Crippen molar-refractivity contribution in [3.05, 3.63) is 0 Å². The Labute approximate surface area is 95.0 Å². The van der Waals surface area contributed by atoms with E-state index >= 15 is 0 Å². The lowest BCUT2D eigenvalue weighted by atomic mass is 9.93. The highest BCUT2D eigenvalue weighted by Crippen LogP contribution is 2.21. The van der Waals surface area contributed by atoms with Crippen LogP contribution in [0.3, 0.4) is 0 Å². The van der Waals surface area contributed by atoms with Crippen molar-refractivity contribution in [3.8, 4) is 0 Å². The van der Waals surface area contributed by atoms with Gasteiger partial charge in [-0.2, -0.15) is 0 Å². The van der Waals surface area contributed by atoms with E-state index in [1.165, 1.54) is 51.6 Å². The minimum atomic E-state index is 0.860. The van der Waals surface area contributed by atoms with Crippen LogP contribution in [0.25, 0.3) is 0 Å². The van der Waals surface area contributed by atoms with Crippen LogP contribution >= 0.6 is 0 Å². The summed E-state index contributed by atoms with van der Waals surface area (Å²) in [6.45, 7) is 8.79. The molecule has 1 aliphatic rings. The number of hydrogen-bond donors (Lipinski definition) is 0. The van der Waals surface area contributed by atoms with E-state index in [9.17, 15) is 0 Å². The normalized spacial score (nSPS) is 19.6. The summed E-state index contributed by atoms with van der Waals surface area (Å²) in [4.78, 5) is 2.46. The van der Waals surface area contributed by atoms with Crippen LogP contribution in [0.4, 0.5) is 0 Å². The predicted octanol–water partition coefficient (Wildman–Crippen LogP) is 3.27. The van der Waals surface area contributed by atoms with E-state index in [2.05, 4.69) is 18.7 Å². The third-order valence-corrected chi connectivity index (χ3v) is 3.32. The molecule has 0 aromatic carbocycles. The Kier molecular flexibility index (Phi) is 7.03. The molecule has 1 rings (SSSR count). The summed E-state index contributed by atoms with van der Waals surface area (Å²) >= 11 is 0. The van der Waals surface area contributed by atoms with Gasteiger partial charge in [0.2, 0.25) is 0 Å². The molecular formula is C13H27NO. The molecule has 15 heavy (non-hydrogen) atoms. The Bertz CT molecular complexity index is 139. The molecule has 1 aliphatic heterocycles. The molecule has 0 aromatic heterocycles. The van der Waals surface area contributed by atoms with Gasteiger partial charge >= 0.3 is 0 Å². The molecule has 0 amide bonds. The van der Waals surface area contributed by atoms with Crippen LogP contribution in [0.2, 0.25) is 0 Å². The van der Waals surface area contributed by atoms with E-state index in [1.807, 2.05) is 0 Å². The summed E-state index contributed by atoms with van der Waals surface area (Å²) < 4.78 is 5.63. The molecular weight excluding hydrogens is 186 g/mol. The summed E-state index contributed by atoms with van der Waals surface area (Å²) in [6.07, 6.45) is 7.96. The van der Waals surface area contributed by atoms with Crippen LogP contribution in [0, 0.1) is 5.92 Å². The smallest absolute Gasteiger partial charge is 0.0990 e. The minimum Gasteiger partial charge on any atom is -0.366 e. The van der Waals surface area contributed by atoms with Gasteiger partial charge in [0.05, 0.1) is 6.73 Å². The van der Waals surface area contributed by atoms with E-state index in [-0.39, 0.29) is 0 Å². The first-order valence-corrected chi connectivity index (χ1v) is 6.66. The first kappa shape index (κ1) is 13.0. The molecule has 1 fully saturated rings. The molecule has 1 saturated heterocycles. The van der Waals surface area contributed by atoms with Crippen LogP contribution in [0.1, 0.15) is 52.4 Å². The maximum Gasteiger partial charge on any atom is 0.0990 e. The van der Waals surface area contributed by atoms with Crippen molar-refractivity contribution < 1.29 is 4.74 Å². The van der Waals surface area contributed by atoms with Crippen LogP contribution in [0.5, 0.6) is 0 Å². The molecule has 2 heteroatoms. The number of rotatable bonds is 7. The SMILES string of the molecule is CCCCOCN1CCC(CCC)CC1. The number of hydrogen-bond acceptors (Lipinski definition) is 2. The number of nitrogens with zero attached hydrogens (tertiary/aromatic N) is 1. The molecule has 0 aromatic rings. The van der Waals surface area contributed by atoms with Gasteiger partial charge < -0.3 is 4.74 Å². The van der Waals surface area contributed by atoms with E-state index in [4.69, 9.17) is 4.74 Å². The molecule has 0 unspecified atom stereocenters. The molecule has 90 valence electrons. The number of piperidine rings is 1. The average molecular weight is 213 g/mol. The first-order chi connectivity index (χ1) is 7.36. The summed E-state index contributed by atoms with van der Waals surface area (Å²) in [5.41, 5.74) is 0. The lowest BCUT2D eigenvalue weighted by molar-refractivity contribution is 0.00908. The predicted molar refractivity (Wildman–Crippen MR) is 64.9 cm³/mol. The maximum atomic E-state index is 5.63. The fourth-order valence-electron chi connectivity index (χ4n) is 2.25. The van der Waals surface area contributed by atoms with E-state index < -0.39 is 0 Å². The van der Waals surface area contributed by atoms with Gasteiger partial charge in [-0.15, -0.1) is 0 Å². The standard InChI is InChI=1S/C13H27NO/c1-3-5-11-15-12-14-9-7-13(6-4-2)8-10-14/h13H,3-12H2,1-2H3. The highest BCUT2D eigenvalue weighted by atomic mass is 16.5. The molecule has 0 atom stereocenters. The molecule has 1 heterocycles. The first-order valence-electron chi connectivity index (χ1n) is 6.66. The fraction of sp³-hybridized carbons (Fsp3) is 1.00. The van der Waals surface area contributed by atoms with Gasteiger partial charge in [0.25, 0.3) is 0 Å². The lowest BCUT2D eigenvalue weighted by Gasteiger charge is -2.31. The van der Waals surface area contributed by atoms with Gasteiger partial charge in [0.15, 0.2) is 0 Å². The Hall–Kier alpha value is -0.0800. The number of unbranched alkanes of at least 4 members (excludes halogenated alkanes) is 1. The Morgan fingerprint density at radius 3 is 2.47 bits per heavy atom. The molecule has 0 saturated carbocycles. The third-order valence-electron chi connectivity index (χ3n) is 3.32. The summed E-state index contributed by atoms with van der Waals surface area (Å²) in [6, 6.07) is 0. The second-order valence-electron chi connectivity index (χ2n) is 4.74. The van der Waals surface area contributed by atoms with Crippen LogP contribution in [0.15, 0.2) is 0 Å². The summed E-state index contributed by atoms with van der Waals surface area (Å²) in [5.74, 6) is 0.988. The molecule has 0 aliphatic carbocycles. The van der Waals surface area contributed by atoms with Crippen molar-refractivity contribution in [2.24, 2.45) is 5.92 Å². The largest absolute Gasteiger partial charge is 0.366 e. The van der Waals surface area contributed by atoms with Gasteiger partial charge in [0, 0.05) is 19.7 Å². The topological polar surface area (TPSA) is 12.5 Å². The van der Waals surface area contributed by atoms with E-state index in [0.29, 0.717) is 0 Å². The van der Waals surface area contributed by atoms with E-state index in [1.54, 1.807) is 0 Å². The van der Waals surface area contributed by atoms with Crippen molar-refractivity contribution in [2.75, 3.05) is 26.4 Å². The fourth-order valence-corrected chi connectivity index (χ4v) is 2.25. The number of ether oxygens (including phenoxy) is 1. The third kappa shape index (κ3) is 5.53. The monoisotopic (exact) mass is 213 g/mol. The van der Waals surface area contributed by atoms with Crippen LogP contribution in [-0.4, -0.2) is 31.3 Å². The zero-order valence-electron chi connectivity index (χ0n) is 10.5. The quantitative estimate of drug-likeness (QED) is 0.602. The van der Waals surface area contributed by atoms with E-state index in [0.717, 1.165) is 19.3 Å². The van der Waals surface area contributed by atoms with Crippen LogP contribution in [-0.2, 0) is 4.74 Å².